The number of carbonyl (C=O) groups is 3. The second kappa shape index (κ2) is 10.1. The lowest BCUT2D eigenvalue weighted by Gasteiger charge is -2.29. The van der Waals surface area contributed by atoms with Crippen LogP contribution < -0.4 is 10.6 Å². The van der Waals surface area contributed by atoms with Crippen LogP contribution in [0, 0.1) is 6.92 Å². The fourth-order valence-electron chi connectivity index (χ4n) is 4.36. The van der Waals surface area contributed by atoms with Crippen LogP contribution in [0.25, 0.3) is 0 Å². The van der Waals surface area contributed by atoms with Crippen molar-refractivity contribution in [3.05, 3.63) is 89.3 Å². The molecule has 2 aliphatic rings. The Balaban J connectivity index is 1.36. The van der Waals surface area contributed by atoms with Gasteiger partial charge in [0.25, 0.3) is 11.8 Å². The third-order valence-electron chi connectivity index (χ3n) is 6.11. The van der Waals surface area contributed by atoms with Crippen molar-refractivity contribution in [2.24, 2.45) is 0 Å². The second-order valence-electron chi connectivity index (χ2n) is 9.02. The average molecular weight is 459 g/mol. The lowest BCUT2D eigenvalue weighted by molar-refractivity contribution is -0.146. The molecular formula is C27H30N4O3. The standard InChI is InChI=1S/C27H30N4O3/c1-18-6-4-7-20(14-18)12-13-30(3)17-21-8-5-9-22(15-21)29-23-16-25(32)31(27(23)34)24-11-10-19(2)28-26(24)33/h4-9,14-16,24,29H,2,10-13,17H2,1,3H3,(H,28,33). The van der Waals surface area contributed by atoms with E-state index in [0.717, 1.165) is 35.7 Å². The van der Waals surface area contributed by atoms with E-state index in [0.29, 0.717) is 18.5 Å². The number of rotatable bonds is 8. The van der Waals surface area contributed by atoms with E-state index in [9.17, 15) is 14.4 Å². The summed E-state index contributed by atoms with van der Waals surface area (Å²) < 4.78 is 0. The highest BCUT2D eigenvalue weighted by Crippen LogP contribution is 2.24. The van der Waals surface area contributed by atoms with Crippen molar-refractivity contribution in [2.45, 2.75) is 38.8 Å². The quantitative estimate of drug-likeness (QED) is 0.594. The van der Waals surface area contributed by atoms with E-state index in [2.05, 4.69) is 60.3 Å². The van der Waals surface area contributed by atoms with Crippen LogP contribution in [-0.2, 0) is 27.3 Å². The van der Waals surface area contributed by atoms with Crippen molar-refractivity contribution in [2.75, 3.05) is 18.9 Å². The van der Waals surface area contributed by atoms with Crippen LogP contribution >= 0.6 is 0 Å². The number of allylic oxidation sites excluding steroid dienone is 1. The molecule has 7 nitrogen and oxygen atoms in total. The average Bonchev–Trinajstić information content (AvgIpc) is 3.05. The molecule has 1 fully saturated rings. The maximum absolute atomic E-state index is 12.9. The van der Waals surface area contributed by atoms with Gasteiger partial charge in [-0.05, 0) is 56.5 Å². The molecule has 3 amide bonds. The molecule has 2 heterocycles. The van der Waals surface area contributed by atoms with Gasteiger partial charge in [0.05, 0.1) is 0 Å². The van der Waals surface area contributed by atoms with Gasteiger partial charge in [-0.25, -0.2) is 0 Å². The lowest BCUT2D eigenvalue weighted by Crippen LogP contribution is -2.52. The number of nitrogens with zero attached hydrogens (tertiary/aromatic N) is 2. The van der Waals surface area contributed by atoms with Crippen LogP contribution in [-0.4, -0.2) is 47.2 Å². The van der Waals surface area contributed by atoms with E-state index in [1.165, 1.54) is 17.2 Å². The van der Waals surface area contributed by atoms with E-state index in [4.69, 9.17) is 0 Å². The van der Waals surface area contributed by atoms with Crippen molar-refractivity contribution < 1.29 is 14.4 Å². The molecule has 0 bridgehead atoms. The van der Waals surface area contributed by atoms with E-state index < -0.39 is 17.9 Å². The first kappa shape index (κ1) is 23.4. The largest absolute Gasteiger partial charge is 0.351 e. The van der Waals surface area contributed by atoms with Crippen molar-refractivity contribution in [3.63, 3.8) is 0 Å². The zero-order valence-electron chi connectivity index (χ0n) is 19.6. The van der Waals surface area contributed by atoms with Crippen LogP contribution in [0.5, 0.6) is 0 Å². The summed E-state index contributed by atoms with van der Waals surface area (Å²) in [7, 11) is 2.08. The Morgan fingerprint density at radius 3 is 2.65 bits per heavy atom. The predicted molar refractivity (Wildman–Crippen MR) is 132 cm³/mol. The molecule has 2 aliphatic heterocycles. The minimum atomic E-state index is -0.811. The molecule has 2 aromatic rings. The number of imide groups is 1. The van der Waals surface area contributed by atoms with Crippen molar-refractivity contribution in [1.29, 1.82) is 0 Å². The van der Waals surface area contributed by atoms with Crippen LogP contribution in [0.3, 0.4) is 0 Å². The summed E-state index contributed by atoms with van der Waals surface area (Å²) in [4.78, 5) is 41.0. The van der Waals surface area contributed by atoms with Gasteiger partial charge in [0.15, 0.2) is 0 Å². The number of likely N-dealkylation sites (N-methyl/N-ethyl adjacent to an activating group) is 1. The number of benzene rings is 2. The van der Waals surface area contributed by atoms with Crippen molar-refractivity contribution in [1.82, 2.24) is 15.1 Å². The Hall–Kier alpha value is -3.71. The zero-order valence-corrected chi connectivity index (χ0v) is 19.6. The Labute approximate surface area is 200 Å². The minimum Gasteiger partial charge on any atom is -0.351 e. The number of hydrogen-bond acceptors (Lipinski definition) is 5. The Morgan fingerprint density at radius 1 is 1.12 bits per heavy atom. The Bertz CT molecular complexity index is 1170. The number of nitrogens with one attached hydrogen (secondary N) is 2. The smallest absolute Gasteiger partial charge is 0.278 e. The van der Waals surface area contributed by atoms with Gasteiger partial charge in [-0.3, -0.25) is 19.3 Å². The summed E-state index contributed by atoms with van der Waals surface area (Å²) in [5, 5.41) is 5.71. The molecule has 0 saturated carbocycles. The molecular weight excluding hydrogens is 428 g/mol. The van der Waals surface area contributed by atoms with Crippen LogP contribution in [0.1, 0.15) is 29.5 Å². The highest BCUT2D eigenvalue weighted by molar-refractivity contribution is 6.19. The van der Waals surface area contributed by atoms with E-state index in [1.54, 1.807) is 0 Å². The first-order valence-electron chi connectivity index (χ1n) is 11.5. The first-order valence-corrected chi connectivity index (χ1v) is 11.5. The summed E-state index contributed by atoms with van der Waals surface area (Å²) in [6, 6.07) is 15.5. The number of anilines is 1. The number of amides is 3. The Kier molecular flexibility index (Phi) is 6.93. The molecule has 1 unspecified atom stereocenters. The molecule has 0 spiro atoms. The zero-order chi connectivity index (χ0) is 24.2. The molecule has 4 rings (SSSR count). The summed E-state index contributed by atoms with van der Waals surface area (Å²) in [5.41, 5.74) is 5.18. The van der Waals surface area contributed by atoms with Crippen molar-refractivity contribution in [3.8, 4) is 0 Å². The third-order valence-corrected chi connectivity index (χ3v) is 6.11. The number of aryl methyl sites for hydroxylation is 1. The monoisotopic (exact) mass is 458 g/mol. The molecule has 176 valence electrons. The molecule has 0 aliphatic carbocycles. The third kappa shape index (κ3) is 5.43. The Morgan fingerprint density at radius 2 is 1.88 bits per heavy atom. The van der Waals surface area contributed by atoms with Crippen LogP contribution in [0.15, 0.2) is 72.6 Å². The van der Waals surface area contributed by atoms with Gasteiger partial charge in [-0.15, -0.1) is 0 Å². The number of piperidine rings is 1. The molecule has 2 N–H and O–H groups in total. The molecule has 7 heteroatoms. The molecule has 1 saturated heterocycles. The molecule has 2 aromatic carbocycles. The maximum Gasteiger partial charge on any atom is 0.278 e. The van der Waals surface area contributed by atoms with Gasteiger partial charge in [0.2, 0.25) is 5.91 Å². The minimum absolute atomic E-state index is 0.173. The van der Waals surface area contributed by atoms with Crippen LogP contribution in [0.2, 0.25) is 0 Å². The summed E-state index contributed by atoms with van der Waals surface area (Å²) >= 11 is 0. The van der Waals surface area contributed by atoms with E-state index in [1.807, 2.05) is 24.3 Å². The second-order valence-corrected chi connectivity index (χ2v) is 9.02. The summed E-state index contributed by atoms with van der Waals surface area (Å²) in [5.74, 6) is -1.34. The topological polar surface area (TPSA) is 81.8 Å². The number of hydrogen-bond donors (Lipinski definition) is 2. The fourth-order valence-corrected chi connectivity index (χ4v) is 4.36. The first-order chi connectivity index (χ1) is 16.3. The molecule has 34 heavy (non-hydrogen) atoms. The van der Waals surface area contributed by atoms with Gasteiger partial charge >= 0.3 is 0 Å². The molecule has 1 atom stereocenters. The summed E-state index contributed by atoms with van der Waals surface area (Å²) in [6.45, 7) is 7.52. The molecule has 0 aromatic heterocycles. The highest BCUT2D eigenvalue weighted by atomic mass is 16.2. The highest BCUT2D eigenvalue weighted by Gasteiger charge is 2.41. The fraction of sp³-hybridized carbons (Fsp3) is 0.296. The maximum atomic E-state index is 12.9. The number of carbonyl (C=O) groups excluding carboxylic acids is 3. The van der Waals surface area contributed by atoms with Crippen LogP contribution in [0.4, 0.5) is 5.69 Å². The van der Waals surface area contributed by atoms with Gasteiger partial charge in [-0.2, -0.15) is 0 Å². The SMILES string of the molecule is C=C1CCC(N2C(=O)C=C(Nc3cccc(CN(C)CCc4cccc(C)c4)c3)C2=O)C(=O)N1. The van der Waals surface area contributed by atoms with E-state index >= 15 is 0 Å². The van der Waals surface area contributed by atoms with Gasteiger partial charge in [0, 0.05) is 30.5 Å². The summed E-state index contributed by atoms with van der Waals surface area (Å²) in [6.07, 6.45) is 3.15. The lowest BCUT2D eigenvalue weighted by atomic mass is 10.0. The normalized spacial score (nSPS) is 18.4. The van der Waals surface area contributed by atoms with Crippen molar-refractivity contribution >= 4 is 23.4 Å². The predicted octanol–water partition coefficient (Wildman–Crippen LogP) is 3.13. The molecule has 0 radical (unpaired) electrons. The van der Waals surface area contributed by atoms with Gasteiger partial charge in [0.1, 0.15) is 11.7 Å². The van der Waals surface area contributed by atoms with E-state index in [-0.39, 0.29) is 11.6 Å². The van der Waals surface area contributed by atoms with Gasteiger partial charge in [-0.1, -0.05) is 48.5 Å². The van der Waals surface area contributed by atoms with Gasteiger partial charge < -0.3 is 15.5 Å².